The first-order valence-electron chi connectivity index (χ1n) is 5.40. The Morgan fingerprint density at radius 2 is 2.38 bits per heavy atom. The molecule has 1 rings (SSSR count). The summed E-state index contributed by atoms with van der Waals surface area (Å²) in [6.45, 7) is 4.01. The third kappa shape index (κ3) is 4.03. The maximum Gasteiger partial charge on any atom is 0.226 e. The molecule has 1 amide bonds. The Bertz CT molecular complexity index is 392. The molecule has 1 heterocycles. The topological polar surface area (TPSA) is 52.9 Å². The average molecular weight is 236 g/mol. The van der Waals surface area contributed by atoms with Crippen LogP contribution in [0.1, 0.15) is 29.5 Å². The molecule has 86 valence electrons. The van der Waals surface area contributed by atoms with E-state index in [2.05, 4.69) is 11.4 Å². The third-order valence-corrected chi connectivity index (χ3v) is 3.20. The van der Waals surface area contributed by atoms with Gasteiger partial charge in [0, 0.05) is 9.75 Å². The molecule has 0 bridgehead atoms. The summed E-state index contributed by atoms with van der Waals surface area (Å²) in [5.41, 5.74) is 0. The zero-order chi connectivity index (χ0) is 12.0. The molecule has 16 heavy (non-hydrogen) atoms. The van der Waals surface area contributed by atoms with E-state index in [1.807, 2.05) is 26.0 Å². The van der Waals surface area contributed by atoms with E-state index < -0.39 is 0 Å². The van der Waals surface area contributed by atoms with Crippen molar-refractivity contribution in [3.05, 3.63) is 21.9 Å². The van der Waals surface area contributed by atoms with Gasteiger partial charge in [-0.05, 0) is 25.5 Å². The molecule has 1 aromatic heterocycles. The number of hydrogen-bond donors (Lipinski definition) is 1. The van der Waals surface area contributed by atoms with Gasteiger partial charge < -0.3 is 5.32 Å². The van der Waals surface area contributed by atoms with Crippen LogP contribution in [0.25, 0.3) is 0 Å². The van der Waals surface area contributed by atoms with Crippen molar-refractivity contribution in [1.82, 2.24) is 5.32 Å². The highest BCUT2D eigenvalue weighted by molar-refractivity contribution is 7.12. The number of amides is 1. The molecular weight excluding hydrogens is 220 g/mol. The third-order valence-electron chi connectivity index (χ3n) is 2.20. The van der Waals surface area contributed by atoms with Crippen LogP contribution >= 0.6 is 11.3 Å². The maximum atomic E-state index is 11.6. The highest BCUT2D eigenvalue weighted by Crippen LogP contribution is 2.15. The largest absolute Gasteiger partial charge is 0.340 e. The van der Waals surface area contributed by atoms with E-state index in [1.54, 1.807) is 11.3 Å². The molecule has 0 unspecified atom stereocenters. The van der Waals surface area contributed by atoms with E-state index in [4.69, 9.17) is 5.26 Å². The van der Waals surface area contributed by atoms with Crippen molar-refractivity contribution < 1.29 is 4.79 Å². The molecule has 1 aromatic rings. The number of aryl methyl sites for hydroxylation is 1. The Labute approximate surface area is 100 Å². The van der Waals surface area contributed by atoms with E-state index in [-0.39, 0.29) is 11.9 Å². The van der Waals surface area contributed by atoms with Gasteiger partial charge in [-0.3, -0.25) is 4.79 Å². The van der Waals surface area contributed by atoms with E-state index in [9.17, 15) is 4.79 Å². The first-order valence-corrected chi connectivity index (χ1v) is 6.21. The smallest absolute Gasteiger partial charge is 0.226 e. The van der Waals surface area contributed by atoms with Crippen LogP contribution in [0.2, 0.25) is 0 Å². The van der Waals surface area contributed by atoms with Gasteiger partial charge in [0.05, 0.1) is 12.5 Å². The van der Waals surface area contributed by atoms with Gasteiger partial charge in [0.25, 0.3) is 0 Å². The second kappa shape index (κ2) is 6.29. The molecular formula is C12H16N2OS. The fourth-order valence-corrected chi connectivity index (χ4v) is 2.33. The molecule has 0 aliphatic heterocycles. The van der Waals surface area contributed by atoms with Gasteiger partial charge >= 0.3 is 0 Å². The van der Waals surface area contributed by atoms with Crippen molar-refractivity contribution in [3.8, 4) is 6.07 Å². The summed E-state index contributed by atoms with van der Waals surface area (Å²) in [5.74, 6) is -0.0677. The standard InChI is InChI=1S/C12H16N2OS/c1-3-4-10(8-13)14-12(15)7-11-6-5-9(2)16-11/h5-6,10H,3-4,7H2,1-2H3,(H,14,15)/t10-/m1/s1. The van der Waals surface area contributed by atoms with E-state index >= 15 is 0 Å². The van der Waals surface area contributed by atoms with E-state index in [1.165, 1.54) is 4.88 Å². The number of carbonyl (C=O) groups excluding carboxylic acids is 1. The number of nitriles is 1. The molecule has 0 aliphatic rings. The number of rotatable bonds is 5. The number of thiophene rings is 1. The minimum Gasteiger partial charge on any atom is -0.340 e. The Morgan fingerprint density at radius 1 is 1.62 bits per heavy atom. The van der Waals surface area contributed by atoms with Crippen molar-refractivity contribution in [2.24, 2.45) is 0 Å². The van der Waals surface area contributed by atoms with Gasteiger partial charge in [-0.2, -0.15) is 5.26 Å². The molecule has 3 nitrogen and oxygen atoms in total. The lowest BCUT2D eigenvalue weighted by Gasteiger charge is -2.09. The van der Waals surface area contributed by atoms with Crippen LogP contribution in [0, 0.1) is 18.3 Å². The Hall–Kier alpha value is -1.34. The van der Waals surface area contributed by atoms with Gasteiger partial charge in [0.1, 0.15) is 6.04 Å². The number of hydrogen-bond acceptors (Lipinski definition) is 3. The molecule has 4 heteroatoms. The highest BCUT2D eigenvalue weighted by Gasteiger charge is 2.11. The summed E-state index contributed by atoms with van der Waals surface area (Å²) >= 11 is 1.62. The molecule has 0 spiro atoms. The Morgan fingerprint density at radius 3 is 2.88 bits per heavy atom. The Balaban J connectivity index is 2.44. The number of nitrogens with zero attached hydrogens (tertiary/aromatic N) is 1. The zero-order valence-corrected chi connectivity index (χ0v) is 10.4. The van der Waals surface area contributed by atoms with Crippen LogP contribution in [-0.2, 0) is 11.2 Å². The van der Waals surface area contributed by atoms with Crippen LogP contribution in [-0.4, -0.2) is 11.9 Å². The predicted octanol–water partition coefficient (Wildman–Crippen LogP) is 2.41. The second-order valence-electron chi connectivity index (χ2n) is 3.73. The van der Waals surface area contributed by atoms with Gasteiger partial charge in [-0.1, -0.05) is 13.3 Å². The lowest BCUT2D eigenvalue weighted by Crippen LogP contribution is -2.34. The normalized spacial score (nSPS) is 11.8. The number of nitrogens with one attached hydrogen (secondary N) is 1. The lowest BCUT2D eigenvalue weighted by molar-refractivity contribution is -0.120. The Kier molecular flexibility index (Phi) is 5.00. The van der Waals surface area contributed by atoms with Gasteiger partial charge in [-0.15, -0.1) is 11.3 Å². The summed E-state index contributed by atoms with van der Waals surface area (Å²) in [6.07, 6.45) is 1.99. The summed E-state index contributed by atoms with van der Waals surface area (Å²) < 4.78 is 0. The van der Waals surface area contributed by atoms with Gasteiger partial charge in [0.2, 0.25) is 5.91 Å². The average Bonchev–Trinajstić information content (AvgIpc) is 2.63. The quantitative estimate of drug-likeness (QED) is 0.853. The fourth-order valence-electron chi connectivity index (χ4n) is 1.44. The fraction of sp³-hybridized carbons (Fsp3) is 0.500. The van der Waals surface area contributed by atoms with Crippen molar-refractivity contribution in [1.29, 1.82) is 5.26 Å². The van der Waals surface area contributed by atoms with Crippen LogP contribution in [0.15, 0.2) is 12.1 Å². The first-order chi connectivity index (χ1) is 7.65. The van der Waals surface area contributed by atoms with Gasteiger partial charge in [-0.25, -0.2) is 0 Å². The summed E-state index contributed by atoms with van der Waals surface area (Å²) in [7, 11) is 0. The molecule has 1 atom stereocenters. The maximum absolute atomic E-state index is 11.6. The van der Waals surface area contributed by atoms with Crippen molar-refractivity contribution in [3.63, 3.8) is 0 Å². The SMILES string of the molecule is CCC[C@H](C#N)NC(=O)Cc1ccc(C)s1. The molecule has 0 aromatic carbocycles. The second-order valence-corrected chi connectivity index (χ2v) is 5.10. The summed E-state index contributed by atoms with van der Waals surface area (Å²) in [4.78, 5) is 13.9. The molecule has 0 saturated heterocycles. The molecule has 0 radical (unpaired) electrons. The number of carbonyl (C=O) groups is 1. The van der Waals surface area contributed by atoms with Crippen LogP contribution < -0.4 is 5.32 Å². The highest BCUT2D eigenvalue weighted by atomic mass is 32.1. The van der Waals surface area contributed by atoms with E-state index in [0.29, 0.717) is 12.8 Å². The first kappa shape index (κ1) is 12.7. The van der Waals surface area contributed by atoms with Crippen molar-refractivity contribution >= 4 is 17.2 Å². The van der Waals surface area contributed by atoms with Crippen molar-refractivity contribution in [2.75, 3.05) is 0 Å². The molecule has 1 N–H and O–H groups in total. The predicted molar refractivity (Wildman–Crippen MR) is 65.2 cm³/mol. The molecule has 0 aliphatic carbocycles. The minimum absolute atomic E-state index is 0.0677. The van der Waals surface area contributed by atoms with Crippen LogP contribution in [0.3, 0.4) is 0 Å². The summed E-state index contributed by atoms with van der Waals surface area (Å²) in [6, 6.07) is 5.71. The summed E-state index contributed by atoms with van der Waals surface area (Å²) in [5, 5.41) is 11.5. The van der Waals surface area contributed by atoms with Crippen LogP contribution in [0.5, 0.6) is 0 Å². The lowest BCUT2D eigenvalue weighted by atomic mass is 10.2. The molecule has 0 saturated carbocycles. The van der Waals surface area contributed by atoms with E-state index in [0.717, 1.165) is 11.3 Å². The monoisotopic (exact) mass is 236 g/mol. The van der Waals surface area contributed by atoms with Crippen LogP contribution in [0.4, 0.5) is 0 Å². The van der Waals surface area contributed by atoms with Gasteiger partial charge in [0.15, 0.2) is 0 Å². The zero-order valence-electron chi connectivity index (χ0n) is 9.62. The van der Waals surface area contributed by atoms with Crippen molar-refractivity contribution in [2.45, 2.75) is 39.2 Å². The minimum atomic E-state index is -0.349. The molecule has 0 fully saturated rings.